The summed E-state index contributed by atoms with van der Waals surface area (Å²) in [5.41, 5.74) is 0.233. The molecule has 12 heteroatoms. The van der Waals surface area contributed by atoms with Crippen molar-refractivity contribution in [2.45, 2.75) is 35.2 Å². The predicted octanol–water partition coefficient (Wildman–Crippen LogP) is 2.41. The Balaban J connectivity index is 1.47. The second-order valence-electron chi connectivity index (χ2n) is 9.14. The Hall–Kier alpha value is -2.44. The van der Waals surface area contributed by atoms with Crippen LogP contribution in [0.15, 0.2) is 64.5 Å². The molecule has 0 radical (unpaired) electrons. The highest BCUT2D eigenvalue weighted by Crippen LogP contribution is 2.32. The molecule has 192 valence electrons. The Morgan fingerprint density at radius 1 is 1.03 bits per heavy atom. The Morgan fingerprint density at radius 2 is 1.78 bits per heavy atom. The van der Waals surface area contributed by atoms with E-state index in [1.807, 2.05) is 0 Å². The van der Waals surface area contributed by atoms with Crippen LogP contribution in [-0.2, 0) is 24.8 Å². The Labute approximate surface area is 215 Å². The van der Waals surface area contributed by atoms with Crippen molar-refractivity contribution >= 4 is 48.5 Å². The number of fused-ring (bicyclic) bond motifs is 1. The normalized spacial score (nSPS) is 19.4. The summed E-state index contributed by atoms with van der Waals surface area (Å²) < 4.78 is 57.3. The van der Waals surface area contributed by atoms with E-state index in [9.17, 15) is 21.6 Å². The molecule has 1 aliphatic carbocycles. The highest BCUT2D eigenvalue weighted by Gasteiger charge is 2.36. The number of hydrogen-bond acceptors (Lipinski definition) is 6. The number of nitrogens with zero attached hydrogens (tertiary/aromatic N) is 2. The van der Waals surface area contributed by atoms with Gasteiger partial charge >= 0.3 is 0 Å². The zero-order valence-corrected chi connectivity index (χ0v) is 21.8. The van der Waals surface area contributed by atoms with Crippen LogP contribution in [0.3, 0.4) is 0 Å². The summed E-state index contributed by atoms with van der Waals surface area (Å²) in [5.74, 6) is 0.160. The fourth-order valence-corrected chi connectivity index (χ4v) is 8.20. The minimum Gasteiger partial charge on any atom is -0.356 e. The standard InChI is InChI=1S/C24H27ClN4O5S2/c25-19-8-9-22-18(14-19)15-23(29(22)35(31,32)21-4-2-1-3-5-21)36(33,34)28-13-12-26-20(16-28)10-11-27-24(30)17-6-7-17/h1-5,8-9,14-15,17,20,26H,6-7,10-13,16H2,(H,27,30). The summed E-state index contributed by atoms with van der Waals surface area (Å²) >= 11 is 6.13. The fourth-order valence-electron chi connectivity index (χ4n) is 4.46. The molecule has 9 nitrogen and oxygen atoms in total. The van der Waals surface area contributed by atoms with Crippen molar-refractivity contribution in [2.24, 2.45) is 5.92 Å². The van der Waals surface area contributed by atoms with Crippen molar-refractivity contribution in [1.29, 1.82) is 0 Å². The molecule has 2 N–H and O–H groups in total. The monoisotopic (exact) mass is 550 g/mol. The Bertz CT molecular complexity index is 1500. The molecule has 2 aromatic carbocycles. The third-order valence-corrected chi connectivity index (χ3v) is 10.5. The molecule has 0 spiro atoms. The van der Waals surface area contributed by atoms with Gasteiger partial charge in [-0.3, -0.25) is 4.79 Å². The van der Waals surface area contributed by atoms with Gasteiger partial charge in [0.25, 0.3) is 20.0 Å². The molecule has 36 heavy (non-hydrogen) atoms. The van der Waals surface area contributed by atoms with E-state index in [1.54, 1.807) is 24.3 Å². The summed E-state index contributed by atoms with van der Waals surface area (Å²) in [6, 6.07) is 13.5. The van der Waals surface area contributed by atoms with Gasteiger partial charge in [0.1, 0.15) is 0 Å². The number of amides is 1. The smallest absolute Gasteiger partial charge is 0.269 e. The van der Waals surface area contributed by atoms with E-state index in [0.29, 0.717) is 29.9 Å². The first-order valence-electron chi connectivity index (χ1n) is 11.8. The molecule has 2 heterocycles. The summed E-state index contributed by atoms with van der Waals surface area (Å²) in [5, 5.41) is 6.66. The number of nitrogens with one attached hydrogen (secondary N) is 2. The molecule has 2 fully saturated rings. The highest BCUT2D eigenvalue weighted by molar-refractivity contribution is 7.92. The lowest BCUT2D eigenvalue weighted by molar-refractivity contribution is -0.122. The number of hydrogen-bond donors (Lipinski definition) is 2. The van der Waals surface area contributed by atoms with Crippen molar-refractivity contribution in [3.05, 3.63) is 59.6 Å². The van der Waals surface area contributed by atoms with Crippen molar-refractivity contribution in [3.8, 4) is 0 Å². The number of benzene rings is 2. The van der Waals surface area contributed by atoms with E-state index < -0.39 is 20.0 Å². The third-order valence-electron chi connectivity index (χ3n) is 6.53. The van der Waals surface area contributed by atoms with Crippen molar-refractivity contribution in [3.63, 3.8) is 0 Å². The van der Waals surface area contributed by atoms with Crippen LogP contribution in [0.5, 0.6) is 0 Å². The average molecular weight is 551 g/mol. The Kier molecular flexibility index (Phi) is 6.86. The first-order chi connectivity index (χ1) is 17.2. The Morgan fingerprint density at radius 3 is 2.50 bits per heavy atom. The van der Waals surface area contributed by atoms with E-state index in [4.69, 9.17) is 11.6 Å². The maximum Gasteiger partial charge on any atom is 0.269 e. The number of carbonyl (C=O) groups is 1. The van der Waals surface area contributed by atoms with Gasteiger partial charge in [0.15, 0.2) is 5.03 Å². The van der Waals surface area contributed by atoms with E-state index in [1.165, 1.54) is 34.6 Å². The largest absolute Gasteiger partial charge is 0.356 e. The molecule has 1 atom stereocenters. The minimum atomic E-state index is -4.22. The van der Waals surface area contributed by atoms with E-state index >= 15 is 0 Å². The second kappa shape index (κ2) is 9.79. The van der Waals surface area contributed by atoms with Gasteiger partial charge < -0.3 is 10.6 Å². The summed E-state index contributed by atoms with van der Waals surface area (Å²) in [6.07, 6.45) is 2.40. The molecular weight excluding hydrogens is 524 g/mol. The fraction of sp³-hybridized carbons (Fsp3) is 0.375. The minimum absolute atomic E-state index is 0.0153. The number of halogens is 1. The highest BCUT2D eigenvalue weighted by atomic mass is 35.5. The van der Waals surface area contributed by atoms with Gasteiger partial charge in [-0.2, -0.15) is 4.31 Å². The van der Waals surface area contributed by atoms with Crippen LogP contribution >= 0.6 is 11.6 Å². The lowest BCUT2D eigenvalue weighted by atomic mass is 10.1. The second-order valence-corrected chi connectivity index (χ2v) is 13.2. The lowest BCUT2D eigenvalue weighted by Crippen LogP contribution is -2.53. The van der Waals surface area contributed by atoms with Crippen LogP contribution in [0.4, 0.5) is 0 Å². The molecule has 1 saturated heterocycles. The number of sulfonamides is 1. The SMILES string of the molecule is O=C(NCCC1CN(S(=O)(=O)c2cc3cc(Cl)ccc3n2S(=O)(=O)c2ccccc2)CCN1)C1CC1. The van der Waals surface area contributed by atoms with Crippen LogP contribution in [-0.4, -0.2) is 63.2 Å². The zero-order valence-electron chi connectivity index (χ0n) is 19.4. The van der Waals surface area contributed by atoms with Crippen LogP contribution in [0.25, 0.3) is 10.9 Å². The summed E-state index contributed by atoms with van der Waals surface area (Å²) in [6.45, 7) is 1.22. The van der Waals surface area contributed by atoms with Gasteiger partial charge in [-0.05, 0) is 55.7 Å². The predicted molar refractivity (Wildman–Crippen MR) is 137 cm³/mol. The van der Waals surface area contributed by atoms with Gasteiger partial charge in [-0.15, -0.1) is 0 Å². The van der Waals surface area contributed by atoms with Crippen LogP contribution < -0.4 is 10.6 Å². The molecule has 1 aromatic heterocycles. The van der Waals surface area contributed by atoms with Gasteiger partial charge in [0.05, 0.1) is 10.4 Å². The maximum atomic E-state index is 13.9. The topological polar surface area (TPSA) is 118 Å². The first-order valence-corrected chi connectivity index (χ1v) is 15.1. The zero-order chi connectivity index (χ0) is 25.5. The summed E-state index contributed by atoms with van der Waals surface area (Å²) in [7, 11) is -8.41. The quantitative estimate of drug-likeness (QED) is 0.445. The molecule has 1 saturated carbocycles. The third kappa shape index (κ3) is 4.90. The van der Waals surface area contributed by atoms with E-state index in [-0.39, 0.29) is 46.4 Å². The van der Waals surface area contributed by atoms with E-state index in [2.05, 4.69) is 10.6 Å². The lowest BCUT2D eigenvalue weighted by Gasteiger charge is -2.33. The van der Waals surface area contributed by atoms with Crippen molar-refractivity contribution in [1.82, 2.24) is 18.9 Å². The molecular formula is C24H27ClN4O5S2. The molecule has 1 aliphatic heterocycles. The molecule has 0 bridgehead atoms. The number of rotatable bonds is 8. The first kappa shape index (κ1) is 25.2. The van der Waals surface area contributed by atoms with Crippen LogP contribution in [0.2, 0.25) is 5.02 Å². The number of piperazine rings is 1. The van der Waals surface area contributed by atoms with Gasteiger partial charge in [-0.1, -0.05) is 29.8 Å². The number of aromatic nitrogens is 1. The number of carbonyl (C=O) groups excluding carboxylic acids is 1. The van der Waals surface area contributed by atoms with Gasteiger partial charge in [0, 0.05) is 48.5 Å². The molecule has 5 rings (SSSR count). The summed E-state index contributed by atoms with van der Waals surface area (Å²) in [4.78, 5) is 11.9. The van der Waals surface area contributed by atoms with Gasteiger partial charge in [-0.25, -0.2) is 20.8 Å². The molecule has 1 amide bonds. The molecule has 1 unspecified atom stereocenters. The van der Waals surface area contributed by atoms with Gasteiger partial charge in [0.2, 0.25) is 5.91 Å². The maximum absolute atomic E-state index is 13.9. The molecule has 2 aliphatic rings. The van der Waals surface area contributed by atoms with Crippen LogP contribution in [0.1, 0.15) is 19.3 Å². The average Bonchev–Trinajstić information content (AvgIpc) is 3.64. The molecule has 3 aromatic rings. The van der Waals surface area contributed by atoms with E-state index in [0.717, 1.165) is 16.8 Å². The van der Waals surface area contributed by atoms with Crippen molar-refractivity contribution < 1.29 is 21.6 Å². The van der Waals surface area contributed by atoms with Crippen molar-refractivity contribution in [2.75, 3.05) is 26.2 Å². The van der Waals surface area contributed by atoms with Crippen LogP contribution in [0, 0.1) is 5.92 Å².